The van der Waals surface area contributed by atoms with E-state index >= 15 is 0 Å². The number of ether oxygens (including phenoxy) is 2. The largest absolute Gasteiger partial charge is 1.00 e. The van der Waals surface area contributed by atoms with E-state index in [9.17, 15) is 18.0 Å². The molecule has 3 N–H and O–H groups in total. The SMILES string of the molecule is CCO.CSC[C@H](C)NC(=O)OC(C)(C)C.C[C@@H](COS(C)(=O)=O)NC(=O)OC(C)(C)C.C[S-].[Na+]. The summed E-state index contributed by atoms with van der Waals surface area (Å²) in [6.45, 7) is 16.2. The molecule has 14 heteroatoms. The summed E-state index contributed by atoms with van der Waals surface area (Å²) in [4.78, 5) is 22.5. The number of carbonyl (C=O) groups excluding carboxylic acids is 2. The van der Waals surface area contributed by atoms with Gasteiger partial charge in [0.1, 0.15) is 11.2 Å². The maximum atomic E-state index is 11.3. The molecule has 0 rings (SSSR count). The third kappa shape index (κ3) is 47.9. The first-order chi connectivity index (χ1) is 15.3. The Morgan fingerprint density at radius 2 is 1.26 bits per heavy atom. The molecule has 0 unspecified atom stereocenters. The van der Waals surface area contributed by atoms with Gasteiger partial charge in [-0.25, -0.2) is 9.59 Å². The summed E-state index contributed by atoms with van der Waals surface area (Å²) in [6, 6.07) is -0.283. The van der Waals surface area contributed by atoms with E-state index in [0.29, 0.717) is 0 Å². The Balaban J connectivity index is -0.000000143. The van der Waals surface area contributed by atoms with Crippen molar-refractivity contribution in [1.29, 1.82) is 0 Å². The van der Waals surface area contributed by atoms with E-state index < -0.39 is 33.5 Å². The van der Waals surface area contributed by atoms with E-state index in [-0.39, 0.29) is 54.9 Å². The summed E-state index contributed by atoms with van der Waals surface area (Å²) in [5.74, 6) is 0.902. The number of hydrogen-bond acceptors (Lipinski definition) is 10. The third-order valence-corrected chi connectivity index (χ3v) is 3.87. The zero-order chi connectivity index (χ0) is 28.2. The molecule has 0 aliphatic carbocycles. The van der Waals surface area contributed by atoms with E-state index in [1.807, 2.05) is 34.0 Å². The molecule has 0 aromatic heterocycles. The van der Waals surface area contributed by atoms with Crippen molar-refractivity contribution in [1.82, 2.24) is 10.6 Å². The maximum Gasteiger partial charge on any atom is 1.00 e. The standard InChI is InChI=1S/C9H19NO5S.C9H19NO2S.C2H6O.CH4S.Na/c1-7(6-14-16(5,12)13)10-8(11)15-9(2,3)4;1-7(6-13-5)10-8(11)12-9(2,3)4;1-2-3;1-2;/h7H,6H2,1-5H3,(H,10,11);7H,6H2,1-5H3,(H,10,11);3H,2H2,1H3;2H,1H3;/q;;;;+1/p-1/t2*7-;;;/m00.../s1. The van der Waals surface area contributed by atoms with Crippen LogP contribution in [0.1, 0.15) is 62.3 Å². The van der Waals surface area contributed by atoms with Crippen LogP contribution in [0.15, 0.2) is 0 Å². The topological polar surface area (TPSA) is 140 Å². The summed E-state index contributed by atoms with van der Waals surface area (Å²) < 4.78 is 36.0. The number of carbonyl (C=O) groups is 2. The van der Waals surface area contributed by atoms with Crippen LogP contribution < -0.4 is 40.2 Å². The first kappa shape index (κ1) is 45.1. The van der Waals surface area contributed by atoms with E-state index in [1.165, 1.54) is 0 Å². The van der Waals surface area contributed by atoms with Gasteiger partial charge in [0.05, 0.1) is 18.9 Å². The second kappa shape index (κ2) is 24.4. The number of alkyl carbamates (subject to hydrolysis) is 2. The first-order valence-electron chi connectivity index (χ1n) is 10.6. The van der Waals surface area contributed by atoms with E-state index in [4.69, 9.17) is 14.6 Å². The average molecular weight is 575 g/mol. The molecule has 0 saturated heterocycles. The predicted molar refractivity (Wildman–Crippen MR) is 143 cm³/mol. The van der Waals surface area contributed by atoms with Gasteiger partial charge in [-0.05, 0) is 68.6 Å². The number of aliphatic hydroxyl groups is 1. The Labute approximate surface area is 245 Å². The van der Waals surface area contributed by atoms with Crippen LogP contribution in [-0.4, -0.2) is 86.7 Å². The van der Waals surface area contributed by atoms with Crippen LogP contribution in [0.3, 0.4) is 0 Å². The second-order valence-electron chi connectivity index (χ2n) is 8.85. The Hall–Kier alpha value is 0.110. The third-order valence-electron chi connectivity index (χ3n) is 2.48. The monoisotopic (exact) mass is 574 g/mol. The van der Waals surface area contributed by atoms with E-state index in [2.05, 4.69) is 27.4 Å². The summed E-state index contributed by atoms with van der Waals surface area (Å²) in [6.07, 6.45) is 3.60. The molecule has 0 aliphatic heterocycles. The van der Waals surface area contributed by atoms with Crippen molar-refractivity contribution < 1.29 is 66.3 Å². The van der Waals surface area contributed by atoms with Crippen molar-refractivity contribution >= 4 is 46.7 Å². The van der Waals surface area contributed by atoms with Crippen LogP contribution in [0.5, 0.6) is 0 Å². The van der Waals surface area contributed by atoms with Crippen LogP contribution in [0, 0.1) is 0 Å². The smallest absolute Gasteiger partial charge is 0.796 e. The quantitative estimate of drug-likeness (QED) is 0.221. The zero-order valence-electron chi connectivity index (χ0n) is 23.8. The van der Waals surface area contributed by atoms with Gasteiger partial charge in [-0.2, -0.15) is 26.4 Å². The molecule has 0 spiro atoms. The Bertz CT molecular complexity index is 625. The van der Waals surface area contributed by atoms with Crippen molar-refractivity contribution in [2.24, 2.45) is 0 Å². The predicted octanol–water partition coefficient (Wildman–Crippen LogP) is 0.304. The molecule has 0 radical (unpaired) electrons. The second-order valence-corrected chi connectivity index (χ2v) is 11.4. The number of nitrogens with one attached hydrogen (secondary N) is 2. The van der Waals surface area contributed by atoms with Crippen molar-refractivity contribution in [3.05, 3.63) is 0 Å². The summed E-state index contributed by atoms with van der Waals surface area (Å²) >= 11 is 5.78. The van der Waals surface area contributed by atoms with Gasteiger partial charge in [0.2, 0.25) is 0 Å². The molecule has 0 heterocycles. The van der Waals surface area contributed by atoms with Crippen LogP contribution in [-0.2, 0) is 36.4 Å². The molecule has 35 heavy (non-hydrogen) atoms. The molecule has 0 fully saturated rings. The van der Waals surface area contributed by atoms with Crippen LogP contribution in [0.25, 0.3) is 0 Å². The number of aliphatic hydroxyl groups excluding tert-OH is 1. The van der Waals surface area contributed by atoms with Crippen molar-refractivity contribution in [3.8, 4) is 0 Å². The maximum absolute atomic E-state index is 11.3. The molecule has 2 atom stereocenters. The number of rotatable bonds is 7. The number of amides is 2. The van der Waals surface area contributed by atoms with Gasteiger partial charge in [-0.3, -0.25) is 4.18 Å². The fraction of sp³-hybridized carbons (Fsp3) is 0.905. The molecule has 10 nitrogen and oxygen atoms in total. The molecule has 2 amide bonds. The minimum Gasteiger partial charge on any atom is -0.796 e. The van der Waals surface area contributed by atoms with Crippen molar-refractivity contribution in [2.75, 3.05) is 37.7 Å². The van der Waals surface area contributed by atoms with Gasteiger partial charge < -0.3 is 37.8 Å². The van der Waals surface area contributed by atoms with Crippen LogP contribution >= 0.6 is 11.8 Å². The van der Waals surface area contributed by atoms with Gasteiger partial charge in [0.15, 0.2) is 0 Å². The Morgan fingerprint density at radius 1 is 0.943 bits per heavy atom. The van der Waals surface area contributed by atoms with Crippen molar-refractivity contribution in [2.45, 2.75) is 85.6 Å². The van der Waals surface area contributed by atoms with Crippen LogP contribution in [0.2, 0.25) is 0 Å². The zero-order valence-corrected chi connectivity index (χ0v) is 28.3. The number of thioether (sulfide) groups is 1. The minimum absolute atomic E-state index is 0. The first-order valence-corrected chi connectivity index (χ1v) is 14.6. The van der Waals surface area contributed by atoms with Crippen LogP contribution in [0.4, 0.5) is 9.59 Å². The summed E-state index contributed by atoms with van der Waals surface area (Å²) in [5, 5.41) is 12.8. The summed E-state index contributed by atoms with van der Waals surface area (Å²) in [7, 11) is -3.48. The fourth-order valence-corrected chi connectivity index (χ4v) is 2.61. The van der Waals surface area contributed by atoms with E-state index in [1.54, 1.807) is 52.6 Å². The Kier molecular flexibility index (Phi) is 31.5. The number of hydrogen-bond donors (Lipinski definition) is 3. The molecule has 0 aromatic carbocycles. The molecular weight excluding hydrogens is 527 g/mol. The molecule has 0 aliphatic rings. The van der Waals surface area contributed by atoms with Gasteiger partial charge in [0, 0.05) is 18.4 Å². The van der Waals surface area contributed by atoms with Crippen molar-refractivity contribution in [3.63, 3.8) is 0 Å². The normalized spacial score (nSPS) is 12.3. The molecule has 208 valence electrons. The van der Waals surface area contributed by atoms with Gasteiger partial charge in [-0.15, -0.1) is 0 Å². The molecule has 0 bridgehead atoms. The fourth-order valence-electron chi connectivity index (χ4n) is 1.58. The van der Waals surface area contributed by atoms with E-state index in [0.717, 1.165) is 12.0 Å². The Morgan fingerprint density at radius 3 is 1.51 bits per heavy atom. The van der Waals surface area contributed by atoms with Gasteiger partial charge >= 0.3 is 41.7 Å². The van der Waals surface area contributed by atoms with Gasteiger partial charge in [-0.1, -0.05) is 0 Å². The summed E-state index contributed by atoms with van der Waals surface area (Å²) in [5.41, 5.74) is -0.995. The molecule has 0 aromatic rings. The minimum atomic E-state index is -3.48. The molecule has 0 saturated carbocycles. The molecular formula is C21H47N2NaO8S3. The van der Waals surface area contributed by atoms with Gasteiger partial charge in [0.25, 0.3) is 10.1 Å². The average Bonchev–Trinajstić information content (AvgIpc) is 2.59.